The Morgan fingerprint density at radius 1 is 0.879 bits per heavy atom. The highest BCUT2D eigenvalue weighted by Crippen LogP contribution is 2.75. The SMILES string of the molecule is CC1(C)CC(O)[C@]2(C=O)C(O)C[C@]3(C)C(=CC[C@@H]4[C@@]5(C)CCCC(C)(C)C5CC[C@]43C)[C@H]2C1. The second-order valence-corrected chi connectivity index (χ2v) is 15.1. The van der Waals surface area contributed by atoms with Gasteiger partial charge in [-0.1, -0.05) is 66.5 Å². The first kappa shape index (κ1) is 24.0. The number of carbonyl (C=O) groups is 1. The van der Waals surface area contributed by atoms with Gasteiger partial charge in [0, 0.05) is 0 Å². The monoisotopic (exact) mass is 456 g/mol. The van der Waals surface area contributed by atoms with Crippen LogP contribution in [0.5, 0.6) is 0 Å². The van der Waals surface area contributed by atoms with Crippen molar-refractivity contribution in [2.24, 2.45) is 50.2 Å². The number of aliphatic hydroxyl groups is 2. The Balaban J connectivity index is 1.64. The van der Waals surface area contributed by atoms with Gasteiger partial charge in [0.2, 0.25) is 0 Å². The smallest absolute Gasteiger partial charge is 0.131 e. The van der Waals surface area contributed by atoms with E-state index >= 15 is 0 Å². The number of allylic oxidation sites excluding steroid dienone is 2. The van der Waals surface area contributed by atoms with Crippen molar-refractivity contribution in [1.29, 1.82) is 0 Å². The Labute approximate surface area is 201 Å². The largest absolute Gasteiger partial charge is 0.392 e. The highest BCUT2D eigenvalue weighted by atomic mass is 16.3. The maximum absolute atomic E-state index is 12.7. The summed E-state index contributed by atoms with van der Waals surface area (Å²) in [6.07, 6.45) is 11.5. The highest BCUT2D eigenvalue weighted by molar-refractivity contribution is 5.65. The standard InChI is InChI=1S/C30H48O3/c1-25(2)15-20-19-9-10-22-27(5)13-8-12-26(3,4)21(27)11-14-28(22,6)29(19,7)17-24(33)30(20,18-31)23(32)16-25/h9,18,20-24,32-33H,8,10-17H2,1-7H3/t20-,21?,22-,23?,24?,27+,28-,29-,30-/m1/s1. The van der Waals surface area contributed by atoms with Crippen LogP contribution in [-0.2, 0) is 4.79 Å². The van der Waals surface area contributed by atoms with E-state index in [1.54, 1.807) is 0 Å². The second-order valence-electron chi connectivity index (χ2n) is 15.1. The normalized spacial score (nSPS) is 54.7. The van der Waals surface area contributed by atoms with Gasteiger partial charge in [0.1, 0.15) is 6.29 Å². The summed E-state index contributed by atoms with van der Waals surface area (Å²) in [5.74, 6) is 1.30. The predicted molar refractivity (Wildman–Crippen MR) is 132 cm³/mol. The molecule has 3 nitrogen and oxygen atoms in total. The molecule has 0 bridgehead atoms. The van der Waals surface area contributed by atoms with Gasteiger partial charge in [-0.05, 0) is 96.2 Å². The van der Waals surface area contributed by atoms with Crippen LogP contribution in [0.4, 0.5) is 0 Å². The number of carbonyl (C=O) groups excluding carboxylic acids is 1. The lowest BCUT2D eigenvalue weighted by atomic mass is 9.33. The molecule has 33 heavy (non-hydrogen) atoms. The molecule has 5 aliphatic rings. The maximum Gasteiger partial charge on any atom is 0.131 e. The maximum atomic E-state index is 12.7. The van der Waals surface area contributed by atoms with Gasteiger partial charge in [-0.2, -0.15) is 0 Å². The van der Waals surface area contributed by atoms with Gasteiger partial charge in [-0.3, -0.25) is 0 Å². The van der Waals surface area contributed by atoms with Crippen LogP contribution >= 0.6 is 0 Å². The summed E-state index contributed by atoms with van der Waals surface area (Å²) in [4.78, 5) is 12.7. The lowest BCUT2D eigenvalue weighted by molar-refractivity contribution is -0.213. The zero-order valence-electron chi connectivity index (χ0n) is 22.2. The van der Waals surface area contributed by atoms with Gasteiger partial charge >= 0.3 is 0 Å². The third kappa shape index (κ3) is 2.85. The fourth-order valence-corrected chi connectivity index (χ4v) is 10.9. The third-order valence-electron chi connectivity index (χ3n) is 12.7. The van der Waals surface area contributed by atoms with E-state index in [1.807, 2.05) is 0 Å². The van der Waals surface area contributed by atoms with Crippen LogP contribution in [-0.4, -0.2) is 28.7 Å². The molecule has 0 radical (unpaired) electrons. The first-order chi connectivity index (χ1) is 15.2. The molecule has 0 aromatic rings. The molecular weight excluding hydrogens is 408 g/mol. The fourth-order valence-electron chi connectivity index (χ4n) is 10.9. The molecule has 186 valence electrons. The Morgan fingerprint density at radius 2 is 1.55 bits per heavy atom. The topological polar surface area (TPSA) is 57.5 Å². The highest BCUT2D eigenvalue weighted by Gasteiger charge is 2.70. The molecular formula is C30H48O3. The summed E-state index contributed by atoms with van der Waals surface area (Å²) in [6.45, 7) is 17.0. The molecule has 5 rings (SSSR count). The van der Waals surface area contributed by atoms with Gasteiger partial charge in [0.05, 0.1) is 17.6 Å². The molecule has 0 saturated heterocycles. The lowest BCUT2D eigenvalue weighted by Crippen LogP contribution is -2.68. The number of fused-ring (bicyclic) bond motifs is 7. The van der Waals surface area contributed by atoms with E-state index in [4.69, 9.17) is 0 Å². The van der Waals surface area contributed by atoms with Crippen molar-refractivity contribution < 1.29 is 15.0 Å². The van der Waals surface area contributed by atoms with E-state index in [1.165, 1.54) is 37.7 Å². The van der Waals surface area contributed by atoms with Gasteiger partial charge in [-0.15, -0.1) is 0 Å². The number of rotatable bonds is 1. The summed E-state index contributed by atoms with van der Waals surface area (Å²) in [6, 6.07) is 0. The fraction of sp³-hybridized carbons (Fsp3) is 0.900. The molecule has 0 aromatic heterocycles. The molecule has 0 amide bonds. The van der Waals surface area contributed by atoms with Crippen molar-refractivity contribution in [3.05, 3.63) is 11.6 Å². The van der Waals surface area contributed by atoms with E-state index in [0.29, 0.717) is 29.6 Å². The van der Waals surface area contributed by atoms with Crippen molar-refractivity contribution in [2.75, 3.05) is 0 Å². The molecule has 3 heteroatoms. The van der Waals surface area contributed by atoms with Crippen molar-refractivity contribution in [2.45, 2.75) is 118 Å². The first-order valence-electron chi connectivity index (χ1n) is 13.7. The average Bonchev–Trinajstić information content (AvgIpc) is 2.67. The number of aldehydes is 1. The van der Waals surface area contributed by atoms with E-state index in [2.05, 4.69) is 54.5 Å². The molecule has 0 spiro atoms. The van der Waals surface area contributed by atoms with E-state index in [-0.39, 0.29) is 22.2 Å². The Kier molecular flexibility index (Phi) is 5.07. The van der Waals surface area contributed by atoms with Crippen LogP contribution in [0.15, 0.2) is 11.6 Å². The van der Waals surface area contributed by atoms with Crippen molar-refractivity contribution in [3.8, 4) is 0 Å². The van der Waals surface area contributed by atoms with Crippen molar-refractivity contribution in [3.63, 3.8) is 0 Å². The first-order valence-corrected chi connectivity index (χ1v) is 13.7. The molecule has 0 aromatic carbocycles. The molecule has 3 unspecified atom stereocenters. The lowest BCUT2D eigenvalue weighted by Gasteiger charge is -2.71. The second kappa shape index (κ2) is 6.96. The Bertz CT molecular complexity index is 872. The number of hydrogen-bond donors (Lipinski definition) is 2. The summed E-state index contributed by atoms with van der Waals surface area (Å²) in [7, 11) is 0. The Morgan fingerprint density at radius 3 is 2.21 bits per heavy atom. The van der Waals surface area contributed by atoms with Gasteiger partial charge in [0.25, 0.3) is 0 Å². The van der Waals surface area contributed by atoms with Crippen LogP contribution in [0.1, 0.15) is 106 Å². The summed E-state index contributed by atoms with van der Waals surface area (Å²) < 4.78 is 0. The van der Waals surface area contributed by atoms with Crippen LogP contribution in [0.25, 0.3) is 0 Å². The quantitative estimate of drug-likeness (QED) is 0.359. The minimum atomic E-state index is -1.04. The third-order valence-corrected chi connectivity index (χ3v) is 12.7. The number of aliphatic hydroxyl groups excluding tert-OH is 2. The van der Waals surface area contributed by atoms with Crippen LogP contribution in [0, 0.1) is 50.2 Å². The average molecular weight is 457 g/mol. The molecule has 0 aliphatic heterocycles. The van der Waals surface area contributed by atoms with Crippen molar-refractivity contribution in [1.82, 2.24) is 0 Å². The summed E-state index contributed by atoms with van der Waals surface area (Å²) >= 11 is 0. The minimum Gasteiger partial charge on any atom is -0.392 e. The summed E-state index contributed by atoms with van der Waals surface area (Å²) in [5, 5.41) is 22.9. The van der Waals surface area contributed by atoms with Gasteiger partial charge in [0.15, 0.2) is 0 Å². The van der Waals surface area contributed by atoms with Gasteiger partial charge in [-0.25, -0.2) is 0 Å². The molecule has 2 N–H and O–H groups in total. The minimum absolute atomic E-state index is 0.0375. The van der Waals surface area contributed by atoms with E-state index < -0.39 is 17.6 Å². The molecule has 0 heterocycles. The molecule has 4 fully saturated rings. The zero-order valence-corrected chi connectivity index (χ0v) is 22.2. The predicted octanol–water partition coefficient (Wildman–Crippen LogP) is 6.32. The van der Waals surface area contributed by atoms with Gasteiger partial charge < -0.3 is 15.0 Å². The van der Waals surface area contributed by atoms with Crippen LogP contribution in [0.3, 0.4) is 0 Å². The molecule has 9 atom stereocenters. The van der Waals surface area contributed by atoms with E-state index in [9.17, 15) is 15.0 Å². The van der Waals surface area contributed by atoms with Crippen LogP contribution < -0.4 is 0 Å². The zero-order chi connectivity index (χ0) is 24.2. The van der Waals surface area contributed by atoms with E-state index in [0.717, 1.165) is 25.0 Å². The molecule has 5 aliphatic carbocycles. The molecule has 4 saturated carbocycles. The van der Waals surface area contributed by atoms with Crippen molar-refractivity contribution >= 4 is 6.29 Å². The Hall–Kier alpha value is -0.670. The number of hydrogen-bond acceptors (Lipinski definition) is 3. The van der Waals surface area contributed by atoms with Crippen LogP contribution in [0.2, 0.25) is 0 Å². The summed E-state index contributed by atoms with van der Waals surface area (Å²) in [5.41, 5.74) is 1.02.